The second-order valence-corrected chi connectivity index (χ2v) is 4.36. The highest BCUT2D eigenvalue weighted by atomic mass is 16.5. The van der Waals surface area contributed by atoms with Gasteiger partial charge in [0.2, 0.25) is 0 Å². The first kappa shape index (κ1) is 13.3. The first-order valence-corrected chi connectivity index (χ1v) is 6.40. The van der Waals surface area contributed by atoms with Crippen molar-refractivity contribution in [1.82, 2.24) is 4.98 Å². The molecular weight excluding hydrogens is 238 g/mol. The normalized spacial score (nSPS) is 10.2. The molecule has 98 valence electrons. The summed E-state index contributed by atoms with van der Waals surface area (Å²) >= 11 is 0. The number of hydrogen-bond acceptors (Lipinski definition) is 3. The van der Waals surface area contributed by atoms with Crippen LogP contribution in [0.15, 0.2) is 48.8 Å². The molecule has 19 heavy (non-hydrogen) atoms. The smallest absolute Gasteiger partial charge is 0.136 e. The number of pyridine rings is 1. The molecule has 0 aliphatic carbocycles. The Labute approximate surface area is 113 Å². The molecule has 2 aromatic rings. The Bertz CT molecular complexity index is 520. The van der Waals surface area contributed by atoms with Crippen LogP contribution in [-0.4, -0.2) is 10.8 Å². The fraction of sp³-hybridized carbons (Fsp3) is 0.250. The van der Waals surface area contributed by atoms with Gasteiger partial charge in [-0.15, -0.1) is 0 Å². The van der Waals surface area contributed by atoms with E-state index in [-0.39, 0.29) is 5.78 Å². The van der Waals surface area contributed by atoms with Crippen LogP contribution in [0.5, 0.6) is 5.75 Å². The molecule has 1 aromatic carbocycles. The predicted molar refractivity (Wildman–Crippen MR) is 74.0 cm³/mol. The molecule has 0 fully saturated rings. The zero-order valence-corrected chi connectivity index (χ0v) is 11.0. The van der Waals surface area contributed by atoms with Crippen LogP contribution < -0.4 is 4.74 Å². The van der Waals surface area contributed by atoms with Crippen LogP contribution in [0.3, 0.4) is 0 Å². The van der Waals surface area contributed by atoms with Crippen LogP contribution >= 0.6 is 0 Å². The van der Waals surface area contributed by atoms with Crippen molar-refractivity contribution in [1.29, 1.82) is 0 Å². The Hall–Kier alpha value is -2.16. The van der Waals surface area contributed by atoms with E-state index in [9.17, 15) is 4.79 Å². The van der Waals surface area contributed by atoms with E-state index in [0.29, 0.717) is 19.4 Å². The Balaban J connectivity index is 1.90. The molecule has 0 saturated carbocycles. The summed E-state index contributed by atoms with van der Waals surface area (Å²) < 4.78 is 5.65. The predicted octanol–water partition coefficient (Wildman–Crippen LogP) is 3.18. The maximum Gasteiger partial charge on any atom is 0.136 e. The van der Waals surface area contributed by atoms with E-state index in [1.807, 2.05) is 43.3 Å². The minimum atomic E-state index is 0.254. The molecule has 0 radical (unpaired) electrons. The molecule has 0 amide bonds. The Kier molecular flexibility index (Phi) is 4.67. The number of rotatable bonds is 6. The van der Waals surface area contributed by atoms with Gasteiger partial charge in [-0.1, -0.05) is 25.1 Å². The van der Waals surface area contributed by atoms with Crippen LogP contribution in [0.1, 0.15) is 24.5 Å². The van der Waals surface area contributed by atoms with Crippen molar-refractivity contribution in [3.05, 3.63) is 59.9 Å². The van der Waals surface area contributed by atoms with Gasteiger partial charge in [0.05, 0.1) is 0 Å². The van der Waals surface area contributed by atoms with E-state index in [2.05, 4.69) is 4.98 Å². The third-order valence-corrected chi connectivity index (χ3v) is 2.85. The van der Waals surface area contributed by atoms with Gasteiger partial charge in [0.25, 0.3) is 0 Å². The van der Waals surface area contributed by atoms with Crippen molar-refractivity contribution in [2.45, 2.75) is 26.4 Å². The summed E-state index contributed by atoms with van der Waals surface area (Å²) in [6.45, 7) is 2.38. The molecule has 3 heteroatoms. The van der Waals surface area contributed by atoms with Crippen LogP contribution in [0.25, 0.3) is 0 Å². The Morgan fingerprint density at radius 3 is 2.58 bits per heavy atom. The number of ether oxygens (including phenoxy) is 1. The van der Waals surface area contributed by atoms with E-state index in [1.54, 1.807) is 12.4 Å². The second kappa shape index (κ2) is 6.69. The molecule has 0 saturated heterocycles. The fourth-order valence-electron chi connectivity index (χ4n) is 1.71. The van der Waals surface area contributed by atoms with Crippen molar-refractivity contribution in [3.63, 3.8) is 0 Å². The molecule has 0 N–H and O–H groups in total. The van der Waals surface area contributed by atoms with Crippen molar-refractivity contribution >= 4 is 5.78 Å². The SMILES string of the molecule is CCC(=O)Cc1ccc(OCc2cccnc2)cc1. The molecule has 2 rings (SSSR count). The minimum absolute atomic E-state index is 0.254. The molecule has 0 aliphatic heterocycles. The molecule has 3 nitrogen and oxygen atoms in total. The van der Waals surface area contributed by atoms with Gasteiger partial charge in [-0.25, -0.2) is 0 Å². The highest BCUT2D eigenvalue weighted by Gasteiger charge is 2.01. The second-order valence-electron chi connectivity index (χ2n) is 4.36. The van der Waals surface area contributed by atoms with Gasteiger partial charge in [-0.3, -0.25) is 9.78 Å². The van der Waals surface area contributed by atoms with Gasteiger partial charge in [0.1, 0.15) is 18.1 Å². The van der Waals surface area contributed by atoms with E-state index in [1.165, 1.54) is 0 Å². The van der Waals surface area contributed by atoms with E-state index in [4.69, 9.17) is 4.74 Å². The number of carbonyl (C=O) groups is 1. The number of carbonyl (C=O) groups excluding carboxylic acids is 1. The summed E-state index contributed by atoms with van der Waals surface area (Å²) in [4.78, 5) is 15.4. The average Bonchev–Trinajstić information content (AvgIpc) is 2.47. The molecule has 0 spiro atoms. The van der Waals surface area contributed by atoms with Gasteiger partial charge in [-0.2, -0.15) is 0 Å². The largest absolute Gasteiger partial charge is 0.489 e. The first-order valence-electron chi connectivity index (χ1n) is 6.40. The number of Topliss-reactive ketones (excluding diaryl/α,β-unsaturated/α-hetero) is 1. The standard InChI is InChI=1S/C16H17NO2/c1-2-15(18)10-13-5-7-16(8-6-13)19-12-14-4-3-9-17-11-14/h3-9,11H,2,10,12H2,1H3. The molecule has 1 heterocycles. The maximum absolute atomic E-state index is 11.3. The lowest BCUT2D eigenvalue weighted by Gasteiger charge is -2.06. The highest BCUT2D eigenvalue weighted by Crippen LogP contribution is 2.14. The van der Waals surface area contributed by atoms with Gasteiger partial charge in [-0.05, 0) is 23.8 Å². The zero-order chi connectivity index (χ0) is 13.5. The molecule has 0 unspecified atom stereocenters. The summed E-state index contributed by atoms with van der Waals surface area (Å²) in [7, 11) is 0. The van der Waals surface area contributed by atoms with Crippen LogP contribution in [0.4, 0.5) is 0 Å². The zero-order valence-electron chi connectivity index (χ0n) is 11.0. The number of aromatic nitrogens is 1. The highest BCUT2D eigenvalue weighted by molar-refractivity contribution is 5.80. The number of hydrogen-bond donors (Lipinski definition) is 0. The maximum atomic E-state index is 11.3. The van der Waals surface area contributed by atoms with E-state index < -0.39 is 0 Å². The number of ketones is 1. The quantitative estimate of drug-likeness (QED) is 0.795. The van der Waals surface area contributed by atoms with Crippen LogP contribution in [0, 0.1) is 0 Å². The average molecular weight is 255 g/mol. The first-order chi connectivity index (χ1) is 9.28. The molecule has 1 aromatic heterocycles. The topological polar surface area (TPSA) is 39.2 Å². The minimum Gasteiger partial charge on any atom is -0.489 e. The fourth-order valence-corrected chi connectivity index (χ4v) is 1.71. The summed E-state index contributed by atoms with van der Waals surface area (Å²) in [6.07, 6.45) is 4.61. The van der Waals surface area contributed by atoms with Crippen molar-refractivity contribution in [2.24, 2.45) is 0 Å². The lowest BCUT2D eigenvalue weighted by Crippen LogP contribution is -2.00. The van der Waals surface area contributed by atoms with E-state index >= 15 is 0 Å². The number of benzene rings is 1. The lowest BCUT2D eigenvalue weighted by atomic mass is 10.1. The van der Waals surface area contributed by atoms with Gasteiger partial charge in [0.15, 0.2) is 0 Å². The van der Waals surface area contributed by atoms with Crippen molar-refractivity contribution < 1.29 is 9.53 Å². The summed E-state index contributed by atoms with van der Waals surface area (Å²) in [5, 5.41) is 0. The van der Waals surface area contributed by atoms with Gasteiger partial charge < -0.3 is 4.74 Å². The van der Waals surface area contributed by atoms with Crippen molar-refractivity contribution in [2.75, 3.05) is 0 Å². The summed E-state index contributed by atoms with van der Waals surface area (Å²) in [5.41, 5.74) is 2.06. The molecule has 0 bridgehead atoms. The van der Waals surface area contributed by atoms with E-state index in [0.717, 1.165) is 16.9 Å². The van der Waals surface area contributed by atoms with Crippen LogP contribution in [-0.2, 0) is 17.8 Å². The molecule has 0 aliphatic rings. The van der Waals surface area contributed by atoms with Crippen LogP contribution in [0.2, 0.25) is 0 Å². The lowest BCUT2D eigenvalue weighted by molar-refractivity contribution is -0.118. The summed E-state index contributed by atoms with van der Waals surface area (Å²) in [5.74, 6) is 1.06. The van der Waals surface area contributed by atoms with Gasteiger partial charge in [0, 0.05) is 30.8 Å². The monoisotopic (exact) mass is 255 g/mol. The Morgan fingerprint density at radius 2 is 1.95 bits per heavy atom. The number of nitrogens with zero attached hydrogens (tertiary/aromatic N) is 1. The third kappa shape index (κ3) is 4.21. The molecular formula is C16H17NO2. The Morgan fingerprint density at radius 1 is 1.16 bits per heavy atom. The third-order valence-electron chi connectivity index (χ3n) is 2.85. The molecule has 0 atom stereocenters. The van der Waals surface area contributed by atoms with Gasteiger partial charge >= 0.3 is 0 Å². The summed E-state index contributed by atoms with van der Waals surface area (Å²) in [6, 6.07) is 11.5. The van der Waals surface area contributed by atoms with Crippen molar-refractivity contribution in [3.8, 4) is 5.75 Å².